The smallest absolute Gasteiger partial charge is 0.326 e. The Morgan fingerprint density at radius 3 is 2.55 bits per heavy atom. The van der Waals surface area contributed by atoms with Gasteiger partial charge < -0.3 is 11.1 Å². The Hall–Kier alpha value is -3.40. The van der Waals surface area contributed by atoms with Gasteiger partial charge in [-0.3, -0.25) is 14.5 Å². The van der Waals surface area contributed by atoms with E-state index < -0.39 is 11.9 Å². The number of allylic oxidation sites excluding steroid dienone is 3. The number of nitrogens with one attached hydrogen (secondary N) is 1. The van der Waals surface area contributed by atoms with Gasteiger partial charge in [0.1, 0.15) is 0 Å². The Labute approximate surface area is 170 Å². The molecule has 0 atom stereocenters. The number of urea groups is 1. The van der Waals surface area contributed by atoms with Crippen LogP contribution in [0.25, 0.3) is 0 Å². The lowest BCUT2D eigenvalue weighted by molar-refractivity contribution is -0.118. The van der Waals surface area contributed by atoms with Gasteiger partial charge in [0, 0.05) is 29.8 Å². The van der Waals surface area contributed by atoms with Crippen LogP contribution in [-0.2, 0) is 4.79 Å². The monoisotopic (exact) mass is 394 g/mol. The van der Waals surface area contributed by atoms with Crippen molar-refractivity contribution >= 4 is 17.7 Å². The van der Waals surface area contributed by atoms with Crippen LogP contribution in [0.5, 0.6) is 0 Å². The van der Waals surface area contributed by atoms with Crippen molar-refractivity contribution in [2.24, 2.45) is 11.7 Å². The number of hydrogen-bond donors (Lipinski definition) is 2. The molecule has 0 saturated heterocycles. The van der Waals surface area contributed by atoms with Crippen LogP contribution in [0.2, 0.25) is 0 Å². The summed E-state index contributed by atoms with van der Waals surface area (Å²) in [6.07, 6.45) is 2.47. The molecule has 1 aromatic rings. The second kappa shape index (κ2) is 9.20. The predicted octanol–water partition coefficient (Wildman–Crippen LogP) is 3.15. The number of carbonyl (C=O) groups excluding carboxylic acids is 3. The Morgan fingerprint density at radius 1 is 1.31 bits per heavy atom. The number of hydrogen-bond acceptors (Lipinski definition) is 4. The first kappa shape index (κ1) is 21.9. The molecule has 0 aromatic heterocycles. The summed E-state index contributed by atoms with van der Waals surface area (Å²) in [4.78, 5) is 38.9. The maximum atomic E-state index is 13.6. The van der Waals surface area contributed by atoms with Crippen molar-refractivity contribution in [3.8, 4) is 6.07 Å². The highest BCUT2D eigenvalue weighted by Gasteiger charge is 2.35. The molecule has 0 unspecified atom stereocenters. The zero-order valence-corrected chi connectivity index (χ0v) is 17.2. The van der Waals surface area contributed by atoms with E-state index in [2.05, 4.69) is 11.4 Å². The molecule has 3 amide bonds. The molecule has 0 aliphatic carbocycles. The number of Topliss-reactive ketones (excluding diaryl/α,β-unsaturated/α-hetero) is 1. The van der Waals surface area contributed by atoms with Crippen molar-refractivity contribution in [3.05, 3.63) is 57.9 Å². The highest BCUT2D eigenvalue weighted by Crippen LogP contribution is 2.31. The molecule has 29 heavy (non-hydrogen) atoms. The van der Waals surface area contributed by atoms with Crippen LogP contribution in [0.1, 0.15) is 55.1 Å². The fraction of sp³-hybridized carbons (Fsp3) is 0.364. The van der Waals surface area contributed by atoms with Crippen molar-refractivity contribution in [2.75, 3.05) is 6.54 Å². The van der Waals surface area contributed by atoms with E-state index in [4.69, 9.17) is 5.73 Å². The zero-order valence-electron chi connectivity index (χ0n) is 17.2. The van der Waals surface area contributed by atoms with E-state index >= 15 is 0 Å². The largest absolute Gasteiger partial charge is 0.370 e. The van der Waals surface area contributed by atoms with Crippen LogP contribution < -0.4 is 11.1 Å². The van der Waals surface area contributed by atoms with Crippen LogP contribution in [0.15, 0.2) is 41.2 Å². The third-order valence-electron chi connectivity index (χ3n) is 4.55. The standard InChI is InChI=1S/C22H26N4O3/c1-5-6-17-19(13(2)3)20(26(22(29)25-17)8-7-18(24)27)21(28)16-10-14(4)9-15(11-16)12-23/h6,9-11,13H,5,7-8H2,1-4H3,(H2,24,27)(H,25,29)/b17-6-. The Kier molecular flexibility index (Phi) is 6.94. The van der Waals surface area contributed by atoms with Crippen molar-refractivity contribution in [1.29, 1.82) is 5.26 Å². The van der Waals surface area contributed by atoms with E-state index in [1.165, 1.54) is 11.0 Å². The number of aryl methyl sites for hydroxylation is 1. The molecular weight excluding hydrogens is 368 g/mol. The maximum Gasteiger partial charge on any atom is 0.326 e. The lowest BCUT2D eigenvalue weighted by atomic mass is 9.90. The number of primary amides is 1. The number of nitrogens with zero attached hydrogens (tertiary/aromatic N) is 2. The van der Waals surface area contributed by atoms with E-state index in [-0.39, 0.29) is 30.4 Å². The van der Waals surface area contributed by atoms with Crippen molar-refractivity contribution in [3.63, 3.8) is 0 Å². The van der Waals surface area contributed by atoms with Gasteiger partial charge in [0.15, 0.2) is 0 Å². The Morgan fingerprint density at radius 2 is 2.00 bits per heavy atom. The number of ketones is 1. The van der Waals surface area contributed by atoms with E-state index in [0.29, 0.717) is 28.8 Å². The average Bonchev–Trinajstić information content (AvgIpc) is 2.65. The number of nitrogens with two attached hydrogens (primary N) is 1. The van der Waals surface area contributed by atoms with E-state index in [1.54, 1.807) is 19.1 Å². The lowest BCUT2D eigenvalue weighted by Crippen LogP contribution is -2.48. The van der Waals surface area contributed by atoms with E-state index in [0.717, 1.165) is 5.56 Å². The molecule has 0 fully saturated rings. The van der Waals surface area contributed by atoms with Crippen molar-refractivity contribution in [2.45, 2.75) is 40.5 Å². The molecule has 7 heteroatoms. The second-order valence-corrected chi connectivity index (χ2v) is 7.27. The van der Waals surface area contributed by atoms with Gasteiger partial charge in [-0.25, -0.2) is 4.79 Å². The molecule has 0 spiro atoms. The molecule has 1 aliphatic rings. The van der Waals surface area contributed by atoms with Gasteiger partial charge in [-0.05, 0) is 43.0 Å². The molecule has 1 aliphatic heterocycles. The summed E-state index contributed by atoms with van der Waals surface area (Å²) in [6.45, 7) is 7.61. The van der Waals surface area contributed by atoms with Gasteiger partial charge in [0.25, 0.3) is 0 Å². The first-order valence-electron chi connectivity index (χ1n) is 9.57. The minimum Gasteiger partial charge on any atom is -0.370 e. The van der Waals surface area contributed by atoms with Gasteiger partial charge in [-0.1, -0.05) is 26.8 Å². The number of benzene rings is 1. The quantitative estimate of drug-likeness (QED) is 0.691. The second-order valence-electron chi connectivity index (χ2n) is 7.27. The number of amides is 3. The summed E-state index contributed by atoms with van der Waals surface area (Å²) in [7, 11) is 0. The van der Waals surface area contributed by atoms with Gasteiger partial charge in [0.2, 0.25) is 11.7 Å². The fourth-order valence-electron chi connectivity index (χ4n) is 3.37. The molecule has 7 nitrogen and oxygen atoms in total. The van der Waals surface area contributed by atoms with Crippen molar-refractivity contribution < 1.29 is 14.4 Å². The lowest BCUT2D eigenvalue weighted by Gasteiger charge is -2.34. The molecule has 0 bridgehead atoms. The summed E-state index contributed by atoms with van der Waals surface area (Å²) >= 11 is 0. The molecule has 1 aromatic carbocycles. The third kappa shape index (κ3) is 4.91. The summed E-state index contributed by atoms with van der Waals surface area (Å²) in [6, 6.07) is 6.47. The molecule has 0 saturated carbocycles. The van der Waals surface area contributed by atoms with Crippen LogP contribution in [0.3, 0.4) is 0 Å². The highest BCUT2D eigenvalue weighted by molar-refractivity contribution is 6.12. The summed E-state index contributed by atoms with van der Waals surface area (Å²) in [5.74, 6) is -0.994. The van der Waals surface area contributed by atoms with Crippen LogP contribution in [0, 0.1) is 24.2 Å². The first-order valence-corrected chi connectivity index (χ1v) is 9.57. The minimum absolute atomic E-state index is 0.00517. The average molecular weight is 394 g/mol. The Balaban J connectivity index is 2.72. The number of carbonyl (C=O) groups is 3. The van der Waals surface area contributed by atoms with Crippen LogP contribution in [0.4, 0.5) is 4.79 Å². The van der Waals surface area contributed by atoms with Crippen LogP contribution in [-0.4, -0.2) is 29.2 Å². The van der Waals surface area contributed by atoms with Crippen molar-refractivity contribution in [1.82, 2.24) is 10.2 Å². The Bertz CT molecular complexity index is 951. The normalized spacial score (nSPS) is 15.5. The van der Waals surface area contributed by atoms with Gasteiger partial charge in [-0.15, -0.1) is 0 Å². The fourth-order valence-corrected chi connectivity index (χ4v) is 3.37. The van der Waals surface area contributed by atoms with Gasteiger partial charge in [0.05, 0.1) is 17.3 Å². The van der Waals surface area contributed by atoms with Crippen LogP contribution >= 0.6 is 0 Å². The van der Waals surface area contributed by atoms with Gasteiger partial charge >= 0.3 is 6.03 Å². The number of nitriles is 1. The zero-order chi connectivity index (χ0) is 21.7. The molecule has 3 N–H and O–H groups in total. The summed E-state index contributed by atoms with van der Waals surface area (Å²) in [5.41, 5.74) is 8.25. The summed E-state index contributed by atoms with van der Waals surface area (Å²) < 4.78 is 0. The summed E-state index contributed by atoms with van der Waals surface area (Å²) in [5, 5.41) is 12.1. The molecular formula is C22H26N4O3. The minimum atomic E-state index is -0.562. The van der Waals surface area contributed by atoms with E-state index in [1.807, 2.05) is 26.8 Å². The molecule has 1 heterocycles. The molecule has 0 radical (unpaired) electrons. The third-order valence-corrected chi connectivity index (χ3v) is 4.55. The molecule has 2 rings (SSSR count). The van der Waals surface area contributed by atoms with Gasteiger partial charge in [-0.2, -0.15) is 5.26 Å². The first-order chi connectivity index (χ1) is 13.7. The topological polar surface area (TPSA) is 116 Å². The maximum absolute atomic E-state index is 13.6. The molecule has 152 valence electrons. The number of rotatable bonds is 7. The highest BCUT2D eigenvalue weighted by atomic mass is 16.2. The predicted molar refractivity (Wildman–Crippen MR) is 110 cm³/mol. The van der Waals surface area contributed by atoms with E-state index in [9.17, 15) is 19.6 Å². The SMILES string of the molecule is CC/C=C1\NC(=O)N(CCC(N)=O)C(C(=O)c2cc(C)cc(C#N)c2)=C1C(C)C.